The second-order valence-electron chi connectivity index (χ2n) is 5.19. The highest BCUT2D eigenvalue weighted by atomic mass is 35.5. The minimum atomic E-state index is -0.235. The van der Waals surface area contributed by atoms with Crippen molar-refractivity contribution >= 4 is 40.1 Å². The molecule has 1 aromatic heterocycles. The smallest absolute Gasteiger partial charge is 0.237 e. The third-order valence-corrected chi connectivity index (χ3v) is 4.04. The molecule has 0 radical (unpaired) electrons. The SMILES string of the molecule is O=C(Nc1ncnc2ccccc12)C1CCN(C(=O)CCl)C1. The minimum Gasteiger partial charge on any atom is -0.341 e. The Bertz CT molecular complexity index is 716. The van der Waals surface area contributed by atoms with Crippen molar-refractivity contribution in [3.63, 3.8) is 0 Å². The molecule has 1 unspecified atom stereocenters. The fourth-order valence-corrected chi connectivity index (χ4v) is 2.78. The van der Waals surface area contributed by atoms with E-state index in [1.807, 2.05) is 24.3 Å². The van der Waals surface area contributed by atoms with Crippen LogP contribution in [0.25, 0.3) is 10.9 Å². The Hall–Kier alpha value is -2.21. The Morgan fingerprint density at radius 1 is 1.32 bits per heavy atom. The van der Waals surface area contributed by atoms with E-state index >= 15 is 0 Å². The molecule has 6 nitrogen and oxygen atoms in total. The Labute approximate surface area is 132 Å². The molecule has 0 saturated carbocycles. The minimum absolute atomic E-state index is 0.0507. The number of aromatic nitrogens is 2. The molecule has 2 aromatic rings. The van der Waals surface area contributed by atoms with Crippen LogP contribution in [0.3, 0.4) is 0 Å². The lowest BCUT2D eigenvalue weighted by atomic mass is 10.1. The quantitative estimate of drug-likeness (QED) is 0.873. The zero-order chi connectivity index (χ0) is 15.5. The van der Waals surface area contributed by atoms with Gasteiger partial charge in [0.2, 0.25) is 11.8 Å². The van der Waals surface area contributed by atoms with E-state index in [4.69, 9.17) is 11.6 Å². The number of carbonyl (C=O) groups is 2. The number of benzene rings is 1. The molecule has 1 N–H and O–H groups in total. The van der Waals surface area contributed by atoms with Gasteiger partial charge in [-0.15, -0.1) is 11.6 Å². The van der Waals surface area contributed by atoms with Crippen LogP contribution in [0.2, 0.25) is 0 Å². The average Bonchev–Trinajstić information content (AvgIpc) is 3.04. The molecule has 3 rings (SSSR count). The average molecular weight is 319 g/mol. The molecule has 1 saturated heterocycles. The lowest BCUT2D eigenvalue weighted by Gasteiger charge is -2.15. The van der Waals surface area contributed by atoms with E-state index in [9.17, 15) is 9.59 Å². The first-order valence-corrected chi connectivity index (χ1v) is 7.57. The molecular weight excluding hydrogens is 304 g/mol. The number of alkyl halides is 1. The predicted octanol–water partition coefficient (Wildman–Crippen LogP) is 1.66. The van der Waals surface area contributed by atoms with E-state index in [2.05, 4.69) is 15.3 Å². The summed E-state index contributed by atoms with van der Waals surface area (Å²) in [5.74, 6) is -0.0537. The standard InChI is InChI=1S/C15H15ClN4O2/c16-7-13(21)20-6-5-10(8-20)15(22)19-14-11-3-1-2-4-12(11)17-9-18-14/h1-4,9-10H,5-8H2,(H,17,18,19,22). The molecule has 1 aromatic carbocycles. The molecule has 22 heavy (non-hydrogen) atoms. The molecule has 114 valence electrons. The van der Waals surface area contributed by atoms with Crippen molar-refractivity contribution in [2.75, 3.05) is 24.3 Å². The highest BCUT2D eigenvalue weighted by molar-refractivity contribution is 6.27. The summed E-state index contributed by atoms with van der Waals surface area (Å²) in [5.41, 5.74) is 0.776. The molecule has 0 spiro atoms. The van der Waals surface area contributed by atoms with Gasteiger partial charge in [-0.3, -0.25) is 9.59 Å². The Morgan fingerprint density at radius 2 is 2.14 bits per heavy atom. The van der Waals surface area contributed by atoms with Crippen LogP contribution in [0.15, 0.2) is 30.6 Å². The number of nitrogens with zero attached hydrogens (tertiary/aromatic N) is 3. The number of halogens is 1. The lowest BCUT2D eigenvalue weighted by Crippen LogP contribution is -2.32. The number of amides is 2. The summed E-state index contributed by atoms with van der Waals surface area (Å²) in [4.78, 5) is 33.9. The van der Waals surface area contributed by atoms with E-state index in [-0.39, 0.29) is 23.6 Å². The number of likely N-dealkylation sites (tertiary alicyclic amines) is 1. The van der Waals surface area contributed by atoms with Crippen molar-refractivity contribution in [3.8, 4) is 0 Å². The van der Waals surface area contributed by atoms with Crippen molar-refractivity contribution in [3.05, 3.63) is 30.6 Å². The second kappa shape index (κ2) is 6.27. The van der Waals surface area contributed by atoms with Crippen molar-refractivity contribution in [2.24, 2.45) is 5.92 Å². The van der Waals surface area contributed by atoms with Crippen LogP contribution in [0.5, 0.6) is 0 Å². The van der Waals surface area contributed by atoms with Crippen LogP contribution in [0, 0.1) is 5.92 Å². The van der Waals surface area contributed by atoms with Gasteiger partial charge in [0.05, 0.1) is 11.4 Å². The molecule has 1 aliphatic heterocycles. The maximum Gasteiger partial charge on any atom is 0.237 e. The summed E-state index contributed by atoms with van der Waals surface area (Å²) in [6.07, 6.45) is 2.06. The van der Waals surface area contributed by atoms with Crippen molar-refractivity contribution in [1.29, 1.82) is 0 Å². The van der Waals surface area contributed by atoms with Crippen molar-refractivity contribution in [1.82, 2.24) is 14.9 Å². The van der Waals surface area contributed by atoms with Gasteiger partial charge in [0.15, 0.2) is 0 Å². The molecule has 1 atom stereocenters. The summed E-state index contributed by atoms with van der Waals surface area (Å²) in [6, 6.07) is 7.48. The third-order valence-electron chi connectivity index (χ3n) is 3.81. The van der Waals surface area contributed by atoms with Gasteiger partial charge in [-0.25, -0.2) is 9.97 Å². The highest BCUT2D eigenvalue weighted by Crippen LogP contribution is 2.22. The van der Waals surface area contributed by atoms with E-state index in [1.54, 1.807) is 4.90 Å². The maximum absolute atomic E-state index is 12.4. The zero-order valence-electron chi connectivity index (χ0n) is 11.8. The molecule has 2 amide bonds. The maximum atomic E-state index is 12.4. The number of fused-ring (bicyclic) bond motifs is 1. The summed E-state index contributed by atoms with van der Waals surface area (Å²) < 4.78 is 0. The number of anilines is 1. The number of para-hydroxylation sites is 1. The first-order valence-electron chi connectivity index (χ1n) is 7.03. The summed E-state index contributed by atoms with van der Waals surface area (Å²) in [6.45, 7) is 0.967. The largest absolute Gasteiger partial charge is 0.341 e. The number of hydrogen-bond acceptors (Lipinski definition) is 4. The van der Waals surface area contributed by atoms with Gasteiger partial charge in [0.1, 0.15) is 18.0 Å². The first kappa shape index (κ1) is 14.7. The van der Waals surface area contributed by atoms with E-state index in [0.29, 0.717) is 25.3 Å². The number of rotatable bonds is 3. The Balaban J connectivity index is 1.73. The molecule has 2 heterocycles. The number of hydrogen-bond donors (Lipinski definition) is 1. The monoisotopic (exact) mass is 318 g/mol. The van der Waals surface area contributed by atoms with Crippen LogP contribution >= 0.6 is 11.6 Å². The van der Waals surface area contributed by atoms with Crippen LogP contribution in [-0.2, 0) is 9.59 Å². The highest BCUT2D eigenvalue weighted by Gasteiger charge is 2.30. The van der Waals surface area contributed by atoms with Crippen molar-refractivity contribution < 1.29 is 9.59 Å². The fraction of sp³-hybridized carbons (Fsp3) is 0.333. The van der Waals surface area contributed by atoms with Gasteiger partial charge in [0, 0.05) is 18.5 Å². The first-order chi connectivity index (χ1) is 10.7. The van der Waals surface area contributed by atoms with Crippen LogP contribution in [-0.4, -0.2) is 45.7 Å². The van der Waals surface area contributed by atoms with E-state index in [0.717, 1.165) is 10.9 Å². The van der Waals surface area contributed by atoms with Crippen LogP contribution in [0.1, 0.15) is 6.42 Å². The van der Waals surface area contributed by atoms with Gasteiger partial charge >= 0.3 is 0 Å². The van der Waals surface area contributed by atoms with E-state index < -0.39 is 0 Å². The van der Waals surface area contributed by atoms with Crippen molar-refractivity contribution in [2.45, 2.75) is 6.42 Å². The zero-order valence-corrected chi connectivity index (χ0v) is 12.6. The molecule has 1 fully saturated rings. The van der Waals surface area contributed by atoms with Crippen LogP contribution in [0.4, 0.5) is 5.82 Å². The van der Waals surface area contributed by atoms with Crippen LogP contribution < -0.4 is 5.32 Å². The second-order valence-corrected chi connectivity index (χ2v) is 5.45. The topological polar surface area (TPSA) is 75.2 Å². The fourth-order valence-electron chi connectivity index (χ4n) is 2.61. The molecule has 0 aliphatic carbocycles. The summed E-state index contributed by atoms with van der Waals surface area (Å²) >= 11 is 5.55. The lowest BCUT2D eigenvalue weighted by molar-refractivity contribution is -0.127. The number of carbonyl (C=O) groups excluding carboxylic acids is 2. The van der Waals surface area contributed by atoms with E-state index in [1.165, 1.54) is 6.33 Å². The number of nitrogens with one attached hydrogen (secondary N) is 1. The molecular formula is C15H15ClN4O2. The molecule has 7 heteroatoms. The van der Waals surface area contributed by atoms with Gasteiger partial charge in [-0.2, -0.15) is 0 Å². The third kappa shape index (κ3) is 2.87. The van der Waals surface area contributed by atoms with Gasteiger partial charge in [-0.1, -0.05) is 12.1 Å². The summed E-state index contributed by atoms with van der Waals surface area (Å²) in [7, 11) is 0. The normalized spacial score (nSPS) is 17.7. The molecule has 1 aliphatic rings. The molecule has 0 bridgehead atoms. The van der Waals surface area contributed by atoms with Gasteiger partial charge < -0.3 is 10.2 Å². The summed E-state index contributed by atoms with van der Waals surface area (Å²) in [5, 5.41) is 3.64. The Morgan fingerprint density at radius 3 is 2.95 bits per heavy atom. The predicted molar refractivity (Wildman–Crippen MR) is 83.6 cm³/mol. The van der Waals surface area contributed by atoms with Gasteiger partial charge in [-0.05, 0) is 18.6 Å². The van der Waals surface area contributed by atoms with Gasteiger partial charge in [0.25, 0.3) is 0 Å². The Kier molecular flexibility index (Phi) is 4.20.